The molecule has 0 aliphatic heterocycles. The fourth-order valence-electron chi connectivity index (χ4n) is 2.21. The van der Waals surface area contributed by atoms with Crippen LogP contribution in [0.1, 0.15) is 24.0 Å². The van der Waals surface area contributed by atoms with Crippen molar-refractivity contribution < 1.29 is 0 Å². The highest BCUT2D eigenvalue weighted by Crippen LogP contribution is 2.23. The molecule has 1 N–H and O–H groups in total. The maximum absolute atomic E-state index is 4.26. The van der Waals surface area contributed by atoms with Crippen LogP contribution in [0.5, 0.6) is 0 Å². The first kappa shape index (κ1) is 12.6. The third-order valence-electron chi connectivity index (χ3n) is 3.45. The molecular formula is C15H19N3S. The highest BCUT2D eigenvalue weighted by atomic mass is 32.1. The zero-order chi connectivity index (χ0) is 13.1. The lowest BCUT2D eigenvalue weighted by atomic mass is 10.2. The molecule has 2 aromatic rings. The van der Waals surface area contributed by atoms with Gasteiger partial charge in [0, 0.05) is 49.8 Å². The molecule has 0 unspecified atom stereocenters. The Kier molecular flexibility index (Phi) is 3.80. The number of thiophene rings is 1. The second kappa shape index (κ2) is 5.72. The molecule has 2 heterocycles. The van der Waals surface area contributed by atoms with E-state index in [0.717, 1.165) is 19.1 Å². The molecule has 1 aliphatic rings. The van der Waals surface area contributed by atoms with Crippen LogP contribution in [0.2, 0.25) is 0 Å². The first-order chi connectivity index (χ1) is 9.33. The van der Waals surface area contributed by atoms with E-state index in [1.807, 2.05) is 12.4 Å². The van der Waals surface area contributed by atoms with Crippen LogP contribution in [0.3, 0.4) is 0 Å². The van der Waals surface area contributed by atoms with Gasteiger partial charge in [-0.2, -0.15) is 11.3 Å². The number of anilines is 1. The summed E-state index contributed by atoms with van der Waals surface area (Å²) in [5.74, 6) is 0. The molecule has 1 fully saturated rings. The molecule has 0 saturated heterocycles. The van der Waals surface area contributed by atoms with Crippen LogP contribution in [-0.4, -0.2) is 18.1 Å². The van der Waals surface area contributed by atoms with Gasteiger partial charge in [0.05, 0.1) is 0 Å². The van der Waals surface area contributed by atoms with Crippen molar-refractivity contribution in [3.8, 4) is 0 Å². The standard InChI is InChI=1S/C15H19N3S/c1-18(10-12-5-7-19-11-12)15-4-6-16-8-13(15)9-17-14-2-3-14/h4-8,11,14,17H,2-3,9-10H2,1H3. The van der Waals surface area contributed by atoms with Gasteiger partial charge in [-0.3, -0.25) is 4.98 Å². The van der Waals surface area contributed by atoms with Crippen molar-refractivity contribution in [1.29, 1.82) is 0 Å². The van der Waals surface area contributed by atoms with Gasteiger partial charge < -0.3 is 10.2 Å². The summed E-state index contributed by atoms with van der Waals surface area (Å²) >= 11 is 1.75. The lowest BCUT2D eigenvalue weighted by molar-refractivity contribution is 0.683. The molecule has 100 valence electrons. The number of hydrogen-bond donors (Lipinski definition) is 1. The minimum absolute atomic E-state index is 0.732. The maximum atomic E-state index is 4.26. The number of nitrogens with one attached hydrogen (secondary N) is 1. The van der Waals surface area contributed by atoms with Gasteiger partial charge in [-0.15, -0.1) is 0 Å². The Morgan fingerprint density at radius 2 is 2.32 bits per heavy atom. The lowest BCUT2D eigenvalue weighted by Gasteiger charge is -2.22. The largest absolute Gasteiger partial charge is 0.370 e. The molecule has 3 rings (SSSR count). The Morgan fingerprint density at radius 1 is 1.42 bits per heavy atom. The summed E-state index contributed by atoms with van der Waals surface area (Å²) in [4.78, 5) is 6.56. The van der Waals surface area contributed by atoms with E-state index in [1.54, 1.807) is 11.3 Å². The summed E-state index contributed by atoms with van der Waals surface area (Å²) in [6.45, 7) is 1.87. The Hall–Kier alpha value is -1.39. The zero-order valence-electron chi connectivity index (χ0n) is 11.2. The highest BCUT2D eigenvalue weighted by Gasteiger charge is 2.20. The first-order valence-corrected chi connectivity index (χ1v) is 7.65. The summed E-state index contributed by atoms with van der Waals surface area (Å²) in [5, 5.41) is 7.90. The molecule has 0 spiro atoms. The minimum atomic E-state index is 0.732. The molecule has 4 heteroatoms. The van der Waals surface area contributed by atoms with E-state index in [2.05, 4.69) is 45.1 Å². The van der Waals surface area contributed by atoms with E-state index in [9.17, 15) is 0 Å². The molecule has 0 amide bonds. The second-order valence-corrected chi connectivity index (χ2v) is 5.93. The number of rotatable bonds is 6. The maximum Gasteiger partial charge on any atom is 0.0443 e. The van der Waals surface area contributed by atoms with E-state index >= 15 is 0 Å². The van der Waals surface area contributed by atoms with Crippen LogP contribution >= 0.6 is 11.3 Å². The van der Waals surface area contributed by atoms with Gasteiger partial charge in [0.2, 0.25) is 0 Å². The molecule has 0 bridgehead atoms. The van der Waals surface area contributed by atoms with Crippen LogP contribution in [0.25, 0.3) is 0 Å². The van der Waals surface area contributed by atoms with E-state index in [4.69, 9.17) is 0 Å². The quantitative estimate of drug-likeness (QED) is 0.877. The topological polar surface area (TPSA) is 28.2 Å². The van der Waals surface area contributed by atoms with Gasteiger partial charge in [-0.25, -0.2) is 0 Å². The van der Waals surface area contributed by atoms with Gasteiger partial charge in [0.1, 0.15) is 0 Å². The summed E-state index contributed by atoms with van der Waals surface area (Å²) in [7, 11) is 2.15. The fourth-order valence-corrected chi connectivity index (χ4v) is 2.87. The van der Waals surface area contributed by atoms with Crippen molar-refractivity contribution in [3.05, 3.63) is 46.4 Å². The first-order valence-electron chi connectivity index (χ1n) is 6.71. The van der Waals surface area contributed by atoms with Crippen molar-refractivity contribution in [2.24, 2.45) is 0 Å². The van der Waals surface area contributed by atoms with Crippen LogP contribution in [0, 0.1) is 0 Å². The van der Waals surface area contributed by atoms with E-state index in [0.29, 0.717) is 0 Å². The van der Waals surface area contributed by atoms with E-state index in [1.165, 1.54) is 29.7 Å². The third kappa shape index (κ3) is 3.33. The van der Waals surface area contributed by atoms with E-state index < -0.39 is 0 Å². The van der Waals surface area contributed by atoms with Crippen molar-refractivity contribution in [3.63, 3.8) is 0 Å². The predicted molar refractivity (Wildman–Crippen MR) is 80.5 cm³/mol. The van der Waals surface area contributed by atoms with Crippen molar-refractivity contribution in [2.75, 3.05) is 11.9 Å². The van der Waals surface area contributed by atoms with Gasteiger partial charge in [0.15, 0.2) is 0 Å². The van der Waals surface area contributed by atoms with Crippen LogP contribution in [0.15, 0.2) is 35.3 Å². The highest BCUT2D eigenvalue weighted by molar-refractivity contribution is 7.07. The molecule has 1 aliphatic carbocycles. The van der Waals surface area contributed by atoms with Crippen LogP contribution in [-0.2, 0) is 13.1 Å². The monoisotopic (exact) mass is 273 g/mol. The molecule has 1 saturated carbocycles. The fraction of sp³-hybridized carbons (Fsp3) is 0.400. The number of hydrogen-bond acceptors (Lipinski definition) is 4. The summed E-state index contributed by atoms with van der Waals surface area (Å²) < 4.78 is 0. The zero-order valence-corrected chi connectivity index (χ0v) is 12.0. The summed E-state index contributed by atoms with van der Waals surface area (Å²) in [5.41, 5.74) is 3.92. The van der Waals surface area contributed by atoms with Crippen molar-refractivity contribution in [1.82, 2.24) is 10.3 Å². The molecule has 3 nitrogen and oxygen atoms in total. The Balaban J connectivity index is 1.70. The minimum Gasteiger partial charge on any atom is -0.370 e. The van der Waals surface area contributed by atoms with Gasteiger partial charge >= 0.3 is 0 Å². The second-order valence-electron chi connectivity index (χ2n) is 5.15. The SMILES string of the molecule is CN(Cc1ccsc1)c1ccncc1CNC1CC1. The Labute approximate surface area is 118 Å². The predicted octanol–water partition coefficient (Wildman–Crippen LogP) is 3.03. The smallest absolute Gasteiger partial charge is 0.0443 e. The normalized spacial score (nSPS) is 14.6. The van der Waals surface area contributed by atoms with Crippen LogP contribution in [0.4, 0.5) is 5.69 Å². The van der Waals surface area contributed by atoms with Crippen LogP contribution < -0.4 is 10.2 Å². The van der Waals surface area contributed by atoms with Crippen molar-refractivity contribution in [2.45, 2.75) is 32.0 Å². The lowest BCUT2D eigenvalue weighted by Crippen LogP contribution is -2.21. The number of aromatic nitrogens is 1. The van der Waals surface area contributed by atoms with Gasteiger partial charge in [-0.1, -0.05) is 0 Å². The number of pyridine rings is 1. The molecular weight excluding hydrogens is 254 g/mol. The number of nitrogens with zero attached hydrogens (tertiary/aromatic N) is 2. The molecule has 0 atom stereocenters. The molecule has 0 radical (unpaired) electrons. The van der Waals surface area contributed by atoms with Crippen molar-refractivity contribution >= 4 is 17.0 Å². The molecule has 0 aromatic carbocycles. The van der Waals surface area contributed by atoms with Gasteiger partial charge in [0.25, 0.3) is 0 Å². The van der Waals surface area contributed by atoms with Gasteiger partial charge in [-0.05, 0) is 41.3 Å². The average Bonchev–Trinajstić information content (AvgIpc) is 3.13. The Morgan fingerprint density at radius 3 is 3.05 bits per heavy atom. The average molecular weight is 273 g/mol. The molecule has 2 aromatic heterocycles. The summed E-state index contributed by atoms with van der Waals surface area (Å²) in [6.07, 6.45) is 6.50. The Bertz CT molecular complexity index is 520. The third-order valence-corrected chi connectivity index (χ3v) is 4.18. The summed E-state index contributed by atoms with van der Waals surface area (Å²) in [6, 6.07) is 5.02. The van der Waals surface area contributed by atoms with E-state index in [-0.39, 0.29) is 0 Å². The molecule has 19 heavy (non-hydrogen) atoms.